The molecule has 0 bridgehead atoms. The number of nitrogens with one attached hydrogen (secondary N) is 1. The number of halogens is 1. The molecule has 3 aromatic carbocycles. The van der Waals surface area contributed by atoms with Crippen molar-refractivity contribution in [2.75, 3.05) is 25.5 Å². The number of nitrogens with zero attached hydrogens (tertiary/aromatic N) is 3. The maximum Gasteiger partial charge on any atom is 0.227 e. The third kappa shape index (κ3) is 7.49. The fourth-order valence-electron chi connectivity index (χ4n) is 4.28. The first-order chi connectivity index (χ1) is 17.6. The predicted octanol–water partition coefficient (Wildman–Crippen LogP) is 7.71. The second-order valence-corrected chi connectivity index (χ2v) is 10.2. The summed E-state index contributed by atoms with van der Waals surface area (Å²) < 4.78 is 1.13. The average molecular weight is 544 g/mol. The van der Waals surface area contributed by atoms with E-state index < -0.39 is 0 Å². The fraction of sp³-hybridized carbons (Fsp3) is 0.290. The van der Waals surface area contributed by atoms with Crippen LogP contribution in [0.4, 0.5) is 11.6 Å². The van der Waals surface area contributed by atoms with E-state index in [0.29, 0.717) is 5.95 Å². The molecule has 0 radical (unpaired) electrons. The molecule has 0 aliphatic heterocycles. The molecule has 4 nitrogen and oxygen atoms in total. The molecule has 36 heavy (non-hydrogen) atoms. The van der Waals surface area contributed by atoms with Gasteiger partial charge in [0.2, 0.25) is 5.95 Å². The van der Waals surface area contributed by atoms with Crippen molar-refractivity contribution in [1.29, 1.82) is 0 Å². The zero-order valence-corrected chi connectivity index (χ0v) is 22.8. The van der Waals surface area contributed by atoms with E-state index in [1.54, 1.807) is 0 Å². The molecular weight excluding hydrogens is 508 g/mol. The van der Waals surface area contributed by atoms with Crippen molar-refractivity contribution in [2.45, 2.75) is 39.0 Å². The summed E-state index contributed by atoms with van der Waals surface area (Å²) in [6, 6.07) is 27.2. The molecule has 0 amide bonds. The van der Waals surface area contributed by atoms with E-state index in [4.69, 9.17) is 4.98 Å². The smallest absolute Gasteiger partial charge is 0.227 e. The minimum atomic E-state index is 0.660. The van der Waals surface area contributed by atoms with E-state index in [1.165, 1.54) is 41.6 Å². The third-order valence-electron chi connectivity index (χ3n) is 6.42. The van der Waals surface area contributed by atoms with E-state index in [1.807, 2.05) is 36.5 Å². The van der Waals surface area contributed by atoms with Crippen LogP contribution in [0.1, 0.15) is 36.5 Å². The Morgan fingerprint density at radius 2 is 1.58 bits per heavy atom. The van der Waals surface area contributed by atoms with Crippen LogP contribution in [0.2, 0.25) is 0 Å². The predicted molar refractivity (Wildman–Crippen MR) is 155 cm³/mol. The van der Waals surface area contributed by atoms with Gasteiger partial charge < -0.3 is 10.2 Å². The van der Waals surface area contributed by atoms with Gasteiger partial charge in [0.25, 0.3) is 0 Å². The summed E-state index contributed by atoms with van der Waals surface area (Å²) in [5, 5.41) is 3.37. The quantitative estimate of drug-likeness (QED) is 0.247. The second kappa shape index (κ2) is 13.3. The van der Waals surface area contributed by atoms with Crippen LogP contribution in [0.5, 0.6) is 0 Å². The Morgan fingerprint density at radius 1 is 0.861 bits per heavy atom. The summed E-state index contributed by atoms with van der Waals surface area (Å²) in [4.78, 5) is 11.8. The molecular formula is C31H35BrN4. The normalized spacial score (nSPS) is 11.8. The summed E-state index contributed by atoms with van der Waals surface area (Å²) in [6.45, 7) is 4.51. The number of benzene rings is 3. The number of rotatable bonds is 8. The molecule has 186 valence electrons. The summed E-state index contributed by atoms with van der Waals surface area (Å²) in [5.74, 6) is 0.660. The number of unbranched alkanes of at least 4 members (excludes halogenated alkanes) is 1. The van der Waals surface area contributed by atoms with Crippen molar-refractivity contribution >= 4 is 27.6 Å². The Labute approximate surface area is 224 Å². The highest BCUT2D eigenvalue weighted by molar-refractivity contribution is 9.10. The summed E-state index contributed by atoms with van der Waals surface area (Å²) in [7, 11) is 2.21. The minimum absolute atomic E-state index is 0.660. The molecule has 0 atom stereocenters. The number of likely N-dealkylation sites (N-methyl/N-ethyl adjacent to an activating group) is 1. The highest BCUT2D eigenvalue weighted by Gasteiger charge is 2.18. The second-order valence-electron chi connectivity index (χ2n) is 9.25. The van der Waals surface area contributed by atoms with Gasteiger partial charge in [0.1, 0.15) is 0 Å². The Bertz CT molecular complexity index is 1230. The van der Waals surface area contributed by atoms with Gasteiger partial charge in [0.05, 0.1) is 5.69 Å². The monoisotopic (exact) mass is 542 g/mol. The van der Waals surface area contributed by atoms with Crippen LogP contribution in [-0.2, 0) is 19.3 Å². The topological polar surface area (TPSA) is 41.0 Å². The maximum atomic E-state index is 4.83. The molecule has 0 fully saturated rings. The Kier molecular flexibility index (Phi) is 9.65. The lowest BCUT2D eigenvalue weighted by molar-refractivity contribution is 0.332. The zero-order chi connectivity index (χ0) is 25.2. The summed E-state index contributed by atoms with van der Waals surface area (Å²) >= 11 is 3.31. The molecule has 1 heterocycles. The van der Waals surface area contributed by atoms with Crippen molar-refractivity contribution in [3.63, 3.8) is 0 Å². The first kappa shape index (κ1) is 26.1. The Morgan fingerprint density at radius 3 is 2.31 bits per heavy atom. The average Bonchev–Trinajstić information content (AvgIpc) is 2.92. The molecule has 4 aromatic rings. The van der Waals surface area contributed by atoms with Crippen molar-refractivity contribution in [3.8, 4) is 11.3 Å². The summed E-state index contributed by atoms with van der Waals surface area (Å²) in [5.41, 5.74) is 7.30. The van der Waals surface area contributed by atoms with Crippen LogP contribution in [0.25, 0.3) is 11.3 Å². The van der Waals surface area contributed by atoms with Gasteiger partial charge in [-0.15, -0.1) is 0 Å². The van der Waals surface area contributed by atoms with Gasteiger partial charge in [-0.2, -0.15) is 0 Å². The largest absolute Gasteiger partial charge is 0.324 e. The molecule has 1 aliphatic rings. The molecule has 1 aromatic heterocycles. The molecule has 1 aliphatic carbocycles. The molecule has 0 saturated heterocycles. The van der Waals surface area contributed by atoms with Crippen molar-refractivity contribution in [3.05, 3.63) is 106 Å². The molecule has 0 unspecified atom stereocenters. The zero-order valence-electron chi connectivity index (χ0n) is 21.3. The van der Waals surface area contributed by atoms with Crippen LogP contribution in [-0.4, -0.2) is 35.0 Å². The fourth-order valence-corrected chi connectivity index (χ4v) is 4.59. The molecule has 0 spiro atoms. The highest BCUT2D eigenvalue weighted by Crippen LogP contribution is 2.32. The first-order valence-corrected chi connectivity index (χ1v) is 13.6. The van der Waals surface area contributed by atoms with Gasteiger partial charge in [-0.1, -0.05) is 83.9 Å². The lowest BCUT2D eigenvalue weighted by Crippen LogP contribution is -2.22. The summed E-state index contributed by atoms with van der Waals surface area (Å²) in [6.07, 6.45) is 7.64. The number of hydrogen-bond donors (Lipinski definition) is 1. The van der Waals surface area contributed by atoms with Gasteiger partial charge in [-0.25, -0.2) is 9.97 Å². The van der Waals surface area contributed by atoms with Gasteiger partial charge in [0, 0.05) is 28.5 Å². The number of anilines is 2. The van der Waals surface area contributed by atoms with E-state index in [2.05, 4.69) is 93.6 Å². The Balaban J connectivity index is 0.000000375. The highest BCUT2D eigenvalue weighted by atomic mass is 79.9. The van der Waals surface area contributed by atoms with Gasteiger partial charge >= 0.3 is 0 Å². The number of fused-ring (bicyclic) bond motifs is 3. The molecule has 5 rings (SSSR count). The van der Waals surface area contributed by atoms with Crippen LogP contribution in [0.3, 0.4) is 0 Å². The van der Waals surface area contributed by atoms with Crippen LogP contribution in [0, 0.1) is 0 Å². The standard InChI is InChI=1S/C25H30N4.C6H5Br/c1-3-4-16-29(2)17-15-19-9-13-22(14-10-19)27-25-26-18-21-12-11-20-7-5-6-8-23(20)24(21)28-25;7-6-4-2-1-3-5-6/h5-10,13-14,18H,3-4,11-12,15-17H2,1-2H3,(H,26,27,28);1-5H. The SMILES string of the molecule is Brc1ccccc1.CCCCN(C)CCc1ccc(Nc2ncc3c(n2)-c2ccccc2CC3)cc1. The number of hydrogen-bond acceptors (Lipinski definition) is 4. The van der Waals surface area contributed by atoms with Crippen molar-refractivity contribution < 1.29 is 0 Å². The molecule has 1 N–H and O–H groups in total. The van der Waals surface area contributed by atoms with Gasteiger partial charge in [-0.05, 0) is 80.2 Å². The number of aryl methyl sites for hydroxylation is 2. The minimum Gasteiger partial charge on any atom is -0.324 e. The van der Waals surface area contributed by atoms with Crippen molar-refractivity contribution in [2.24, 2.45) is 0 Å². The van der Waals surface area contributed by atoms with Crippen LogP contribution < -0.4 is 5.32 Å². The first-order valence-electron chi connectivity index (χ1n) is 12.8. The lowest BCUT2D eigenvalue weighted by atomic mass is 9.90. The van der Waals surface area contributed by atoms with E-state index in [0.717, 1.165) is 41.7 Å². The third-order valence-corrected chi connectivity index (χ3v) is 6.95. The number of aromatic nitrogens is 2. The van der Waals surface area contributed by atoms with E-state index >= 15 is 0 Å². The van der Waals surface area contributed by atoms with Gasteiger partial charge in [-0.3, -0.25) is 0 Å². The molecule has 0 saturated carbocycles. The van der Waals surface area contributed by atoms with E-state index in [9.17, 15) is 0 Å². The lowest BCUT2D eigenvalue weighted by Gasteiger charge is -2.19. The Hall–Kier alpha value is -3.02. The van der Waals surface area contributed by atoms with Crippen LogP contribution >= 0.6 is 15.9 Å². The van der Waals surface area contributed by atoms with E-state index in [-0.39, 0.29) is 0 Å². The maximum absolute atomic E-state index is 4.83. The van der Waals surface area contributed by atoms with Gasteiger partial charge in [0.15, 0.2) is 0 Å². The van der Waals surface area contributed by atoms with Crippen LogP contribution in [0.15, 0.2) is 89.5 Å². The molecule has 5 heteroatoms. The van der Waals surface area contributed by atoms with Crippen molar-refractivity contribution in [1.82, 2.24) is 14.9 Å².